The molecule has 0 N–H and O–H groups in total. The van der Waals surface area contributed by atoms with Gasteiger partial charge >= 0.3 is 5.97 Å². The Hall–Kier alpha value is -1.39. The van der Waals surface area contributed by atoms with Gasteiger partial charge in [0.05, 0.1) is 6.10 Å². The second-order valence-electron chi connectivity index (χ2n) is 4.00. The lowest BCUT2D eigenvalue weighted by molar-refractivity contribution is -0.167. The molecule has 2 rings (SSSR count). The van der Waals surface area contributed by atoms with Gasteiger partial charge in [0.2, 0.25) is 11.8 Å². The predicted octanol–water partition coefficient (Wildman–Crippen LogP) is 0.229. The number of carbonyl (C=O) groups excluding carboxylic acids is 3. The van der Waals surface area contributed by atoms with Gasteiger partial charge in [0.25, 0.3) is 0 Å². The van der Waals surface area contributed by atoms with Gasteiger partial charge in [-0.25, -0.2) is 4.79 Å². The number of ether oxygens (including phenoxy) is 1. The number of imide groups is 1. The van der Waals surface area contributed by atoms with Crippen molar-refractivity contribution in [2.24, 2.45) is 0 Å². The fourth-order valence-electron chi connectivity index (χ4n) is 2.02. The number of cyclic esters (lactones) is 1. The number of hydrogen-bond donors (Lipinski definition) is 0. The van der Waals surface area contributed by atoms with Crippen molar-refractivity contribution in [1.82, 2.24) is 4.90 Å². The molecule has 0 aromatic carbocycles. The van der Waals surface area contributed by atoms with Gasteiger partial charge in [-0.15, -0.1) is 0 Å². The van der Waals surface area contributed by atoms with E-state index in [1.165, 1.54) is 0 Å². The van der Waals surface area contributed by atoms with Crippen molar-refractivity contribution in [3.63, 3.8) is 0 Å². The lowest BCUT2D eigenvalue weighted by Crippen LogP contribution is -2.48. The topological polar surface area (TPSA) is 63.7 Å². The summed E-state index contributed by atoms with van der Waals surface area (Å²) < 4.78 is 5.02. The van der Waals surface area contributed by atoms with Gasteiger partial charge in [-0.05, 0) is 19.8 Å². The summed E-state index contributed by atoms with van der Waals surface area (Å²) in [5.41, 5.74) is 0. The Balaban J connectivity index is 2.13. The van der Waals surface area contributed by atoms with E-state index in [4.69, 9.17) is 4.74 Å². The van der Waals surface area contributed by atoms with Crippen LogP contribution in [0.4, 0.5) is 0 Å². The second kappa shape index (κ2) is 3.64. The van der Waals surface area contributed by atoms with Gasteiger partial charge in [-0.3, -0.25) is 14.5 Å². The third kappa shape index (κ3) is 1.73. The summed E-state index contributed by atoms with van der Waals surface area (Å²) in [5, 5.41) is 0. The summed E-state index contributed by atoms with van der Waals surface area (Å²) in [6.07, 6.45) is 1.56. The largest absolute Gasteiger partial charge is 0.461 e. The van der Waals surface area contributed by atoms with Crippen LogP contribution in [0, 0.1) is 0 Å². The van der Waals surface area contributed by atoms with Crippen LogP contribution in [-0.4, -0.2) is 34.8 Å². The zero-order valence-electron chi connectivity index (χ0n) is 8.56. The number of rotatable bonds is 1. The number of esters is 1. The Morgan fingerprint density at radius 1 is 1.13 bits per heavy atom. The first-order valence-electron chi connectivity index (χ1n) is 5.15. The molecule has 0 spiro atoms. The summed E-state index contributed by atoms with van der Waals surface area (Å²) in [7, 11) is 0. The average molecular weight is 211 g/mol. The Morgan fingerprint density at radius 2 is 1.73 bits per heavy atom. The predicted molar refractivity (Wildman–Crippen MR) is 49.7 cm³/mol. The molecule has 2 aliphatic heterocycles. The molecular weight excluding hydrogens is 198 g/mol. The highest BCUT2D eigenvalue weighted by Crippen LogP contribution is 2.24. The molecule has 2 saturated heterocycles. The third-order valence-corrected chi connectivity index (χ3v) is 2.84. The lowest BCUT2D eigenvalue weighted by atomic mass is 10.0. The Kier molecular flexibility index (Phi) is 2.46. The van der Waals surface area contributed by atoms with Crippen LogP contribution in [0.5, 0.6) is 0 Å². The molecule has 0 saturated carbocycles. The molecule has 0 aromatic heterocycles. The molecule has 2 heterocycles. The maximum absolute atomic E-state index is 11.5. The fourth-order valence-corrected chi connectivity index (χ4v) is 2.02. The molecule has 82 valence electrons. The van der Waals surface area contributed by atoms with E-state index in [0.717, 1.165) is 4.90 Å². The van der Waals surface area contributed by atoms with Crippen molar-refractivity contribution < 1.29 is 19.1 Å². The number of nitrogens with zero attached hydrogens (tertiary/aromatic N) is 1. The van der Waals surface area contributed by atoms with Gasteiger partial charge < -0.3 is 4.74 Å². The smallest absolute Gasteiger partial charge is 0.329 e. The van der Waals surface area contributed by atoms with E-state index in [0.29, 0.717) is 12.8 Å². The maximum Gasteiger partial charge on any atom is 0.329 e. The number of amides is 2. The van der Waals surface area contributed by atoms with Crippen LogP contribution < -0.4 is 0 Å². The molecule has 5 nitrogen and oxygen atoms in total. The molecule has 0 bridgehead atoms. The number of carbonyl (C=O) groups is 3. The number of likely N-dealkylation sites (tertiary alicyclic amines) is 1. The van der Waals surface area contributed by atoms with Crippen LogP contribution in [-0.2, 0) is 19.1 Å². The number of hydrogen-bond acceptors (Lipinski definition) is 4. The van der Waals surface area contributed by atoms with Crippen molar-refractivity contribution in [2.45, 2.75) is 44.8 Å². The molecule has 2 amide bonds. The van der Waals surface area contributed by atoms with E-state index >= 15 is 0 Å². The SMILES string of the molecule is C[C@H]1CC[C@H](N2C(=O)CCC2=O)C(=O)O1. The van der Waals surface area contributed by atoms with Crippen molar-refractivity contribution in [2.75, 3.05) is 0 Å². The van der Waals surface area contributed by atoms with E-state index in [-0.39, 0.29) is 30.8 Å². The third-order valence-electron chi connectivity index (χ3n) is 2.84. The van der Waals surface area contributed by atoms with Gasteiger partial charge in [-0.2, -0.15) is 0 Å². The highest BCUT2D eigenvalue weighted by molar-refractivity contribution is 6.05. The first-order chi connectivity index (χ1) is 7.09. The zero-order chi connectivity index (χ0) is 11.0. The van der Waals surface area contributed by atoms with Crippen molar-refractivity contribution in [3.05, 3.63) is 0 Å². The molecule has 5 heteroatoms. The van der Waals surface area contributed by atoms with Crippen LogP contribution in [0.1, 0.15) is 32.6 Å². The second-order valence-corrected chi connectivity index (χ2v) is 4.00. The van der Waals surface area contributed by atoms with Crippen molar-refractivity contribution in [1.29, 1.82) is 0 Å². The van der Waals surface area contributed by atoms with Crippen LogP contribution in [0.3, 0.4) is 0 Å². The van der Waals surface area contributed by atoms with Crippen LogP contribution in [0.15, 0.2) is 0 Å². The minimum Gasteiger partial charge on any atom is -0.461 e. The molecule has 0 unspecified atom stereocenters. The van der Waals surface area contributed by atoms with Gasteiger partial charge in [-0.1, -0.05) is 0 Å². The zero-order valence-corrected chi connectivity index (χ0v) is 8.56. The molecule has 0 aromatic rings. The standard InChI is InChI=1S/C10H13NO4/c1-6-2-3-7(10(14)15-6)11-8(12)4-5-9(11)13/h6-7H,2-5H2,1H3/t6-,7-/m0/s1. The molecule has 15 heavy (non-hydrogen) atoms. The Bertz CT molecular complexity index is 309. The summed E-state index contributed by atoms with van der Waals surface area (Å²) in [6, 6.07) is -0.677. The molecule has 0 radical (unpaired) electrons. The minimum absolute atomic E-state index is 0.110. The Morgan fingerprint density at radius 3 is 2.27 bits per heavy atom. The summed E-state index contributed by atoms with van der Waals surface area (Å²) >= 11 is 0. The highest BCUT2D eigenvalue weighted by Gasteiger charge is 2.41. The first kappa shape index (κ1) is 10.1. The van der Waals surface area contributed by atoms with E-state index in [1.807, 2.05) is 6.92 Å². The molecular formula is C10H13NO4. The summed E-state index contributed by atoms with van der Waals surface area (Å²) in [6.45, 7) is 1.81. The van der Waals surface area contributed by atoms with Crippen LogP contribution in [0.25, 0.3) is 0 Å². The minimum atomic E-state index is -0.677. The van der Waals surface area contributed by atoms with Gasteiger partial charge in [0, 0.05) is 12.8 Å². The molecule has 2 atom stereocenters. The van der Waals surface area contributed by atoms with E-state index in [9.17, 15) is 14.4 Å². The van der Waals surface area contributed by atoms with Crippen molar-refractivity contribution >= 4 is 17.8 Å². The maximum atomic E-state index is 11.5. The quantitative estimate of drug-likeness (QED) is 0.460. The van der Waals surface area contributed by atoms with E-state index in [1.54, 1.807) is 0 Å². The normalized spacial score (nSPS) is 32.1. The van der Waals surface area contributed by atoms with Gasteiger partial charge in [0.1, 0.15) is 6.04 Å². The Labute approximate surface area is 87.4 Å². The van der Waals surface area contributed by atoms with Crippen molar-refractivity contribution in [3.8, 4) is 0 Å². The monoisotopic (exact) mass is 211 g/mol. The van der Waals surface area contributed by atoms with Gasteiger partial charge in [0.15, 0.2) is 0 Å². The molecule has 2 fully saturated rings. The van der Waals surface area contributed by atoms with E-state index < -0.39 is 12.0 Å². The van der Waals surface area contributed by atoms with Crippen LogP contribution in [0.2, 0.25) is 0 Å². The summed E-state index contributed by atoms with van der Waals surface area (Å²) in [4.78, 5) is 35.4. The first-order valence-corrected chi connectivity index (χ1v) is 5.15. The fraction of sp³-hybridized carbons (Fsp3) is 0.700. The van der Waals surface area contributed by atoms with E-state index in [2.05, 4.69) is 0 Å². The summed E-state index contributed by atoms with van der Waals surface area (Å²) in [5.74, 6) is -0.953. The molecule has 2 aliphatic rings. The van der Waals surface area contributed by atoms with Crippen LogP contribution >= 0.6 is 0 Å². The molecule has 0 aliphatic carbocycles. The lowest BCUT2D eigenvalue weighted by Gasteiger charge is -2.30. The highest BCUT2D eigenvalue weighted by atomic mass is 16.5. The average Bonchev–Trinajstić information content (AvgIpc) is 2.48.